The summed E-state index contributed by atoms with van der Waals surface area (Å²) in [5, 5.41) is 7.66. The van der Waals surface area contributed by atoms with Crippen LogP contribution in [0.15, 0.2) is 36.5 Å². The highest BCUT2D eigenvalue weighted by Gasteiger charge is 2.25. The van der Waals surface area contributed by atoms with Crippen molar-refractivity contribution < 1.29 is 4.79 Å². The lowest BCUT2D eigenvalue weighted by atomic mass is 10.1. The van der Waals surface area contributed by atoms with Crippen LogP contribution in [0.4, 0.5) is 5.82 Å². The number of hydrogen-bond donors (Lipinski definition) is 1. The molecule has 1 N–H and O–H groups in total. The third-order valence-electron chi connectivity index (χ3n) is 6.18. The van der Waals surface area contributed by atoms with Crippen LogP contribution in [0.1, 0.15) is 57.9 Å². The molecule has 1 unspecified atom stereocenters. The molecule has 3 aromatic rings. The Hall–Kier alpha value is -2.67. The van der Waals surface area contributed by atoms with Crippen LogP contribution in [0.25, 0.3) is 11.0 Å². The van der Waals surface area contributed by atoms with Crippen LogP contribution in [0.3, 0.4) is 0 Å². The zero-order valence-corrected chi connectivity index (χ0v) is 18.2. The Morgan fingerprint density at radius 3 is 2.70 bits per heavy atom. The molecule has 160 valence electrons. The Bertz CT molecular complexity index is 998. The van der Waals surface area contributed by atoms with Gasteiger partial charge in [-0.1, -0.05) is 26.0 Å². The maximum Gasteiger partial charge on any atom is 0.248 e. The zero-order valence-electron chi connectivity index (χ0n) is 18.2. The molecular formula is C23H32N6O. The standard InChI is InChI=1S/C23H32N6O/c1-4-8-21-25-19-9-6-7-10-20(19)28(21)17(3)23(30)26-22-11-14-24-29(22)18-12-15-27(5-2)16-13-18/h6-7,9-11,14,17-18H,4-5,8,12-13,15-16H2,1-3H3,(H,26,30). The smallest absolute Gasteiger partial charge is 0.248 e. The summed E-state index contributed by atoms with van der Waals surface area (Å²) < 4.78 is 4.07. The molecule has 1 amide bonds. The van der Waals surface area contributed by atoms with Crippen LogP contribution in [0.2, 0.25) is 0 Å². The second-order valence-electron chi connectivity index (χ2n) is 8.13. The van der Waals surface area contributed by atoms with Crippen molar-refractivity contribution in [2.45, 2.75) is 58.5 Å². The van der Waals surface area contributed by atoms with Gasteiger partial charge >= 0.3 is 0 Å². The number of carbonyl (C=O) groups excluding carboxylic acids is 1. The molecule has 7 heteroatoms. The molecule has 1 aromatic carbocycles. The van der Waals surface area contributed by atoms with E-state index in [1.807, 2.05) is 41.9 Å². The fourth-order valence-corrected chi connectivity index (χ4v) is 4.46. The minimum atomic E-state index is -0.357. The normalized spacial score (nSPS) is 16.8. The summed E-state index contributed by atoms with van der Waals surface area (Å²) in [5.41, 5.74) is 1.94. The summed E-state index contributed by atoms with van der Waals surface area (Å²) in [6.45, 7) is 9.53. The third kappa shape index (κ3) is 3.99. The number of amides is 1. The van der Waals surface area contributed by atoms with E-state index in [2.05, 4.69) is 33.7 Å². The van der Waals surface area contributed by atoms with Gasteiger partial charge in [-0.25, -0.2) is 9.67 Å². The number of fused-ring (bicyclic) bond motifs is 1. The van der Waals surface area contributed by atoms with E-state index in [4.69, 9.17) is 4.98 Å². The summed E-state index contributed by atoms with van der Waals surface area (Å²) in [4.78, 5) is 20.5. The zero-order chi connectivity index (χ0) is 21.1. The van der Waals surface area contributed by atoms with E-state index in [1.165, 1.54) is 0 Å². The van der Waals surface area contributed by atoms with Crippen molar-refractivity contribution in [1.29, 1.82) is 0 Å². The van der Waals surface area contributed by atoms with Gasteiger partial charge in [-0.05, 0) is 44.9 Å². The number of nitrogens with zero attached hydrogens (tertiary/aromatic N) is 5. The van der Waals surface area contributed by atoms with Crippen LogP contribution < -0.4 is 5.32 Å². The number of para-hydroxylation sites is 2. The average Bonchev–Trinajstić information content (AvgIpc) is 3.37. The van der Waals surface area contributed by atoms with Crippen LogP contribution >= 0.6 is 0 Å². The minimum absolute atomic E-state index is 0.0387. The van der Waals surface area contributed by atoms with Gasteiger partial charge in [-0.2, -0.15) is 5.10 Å². The highest BCUT2D eigenvalue weighted by molar-refractivity contribution is 5.94. The fourth-order valence-electron chi connectivity index (χ4n) is 4.46. The van der Waals surface area contributed by atoms with Gasteiger partial charge in [0.1, 0.15) is 17.7 Å². The lowest BCUT2D eigenvalue weighted by molar-refractivity contribution is -0.118. The average molecular weight is 409 g/mol. The maximum absolute atomic E-state index is 13.2. The van der Waals surface area contributed by atoms with E-state index >= 15 is 0 Å². The van der Waals surface area contributed by atoms with Crippen molar-refractivity contribution in [3.05, 3.63) is 42.4 Å². The topological polar surface area (TPSA) is 68.0 Å². The number of nitrogens with one attached hydrogen (secondary N) is 1. The molecule has 0 bridgehead atoms. The summed E-state index contributed by atoms with van der Waals surface area (Å²) in [6.07, 6.45) is 5.73. The van der Waals surface area contributed by atoms with E-state index in [0.29, 0.717) is 6.04 Å². The number of anilines is 1. The van der Waals surface area contributed by atoms with Crippen LogP contribution in [0.5, 0.6) is 0 Å². The predicted octanol–water partition coefficient (Wildman–Crippen LogP) is 4.04. The first kappa shape index (κ1) is 20.6. The van der Waals surface area contributed by atoms with Crippen LogP contribution in [-0.2, 0) is 11.2 Å². The van der Waals surface area contributed by atoms with Gasteiger partial charge in [0.25, 0.3) is 0 Å². The number of aromatic nitrogens is 4. The second kappa shape index (κ2) is 9.00. The number of benzene rings is 1. The molecule has 2 aromatic heterocycles. The first-order valence-corrected chi connectivity index (χ1v) is 11.1. The fraction of sp³-hybridized carbons (Fsp3) is 0.522. The molecule has 1 aliphatic heterocycles. The van der Waals surface area contributed by atoms with Crippen molar-refractivity contribution in [2.75, 3.05) is 25.0 Å². The number of piperidine rings is 1. The monoisotopic (exact) mass is 408 g/mol. The number of carbonyl (C=O) groups is 1. The lowest BCUT2D eigenvalue weighted by Crippen LogP contribution is -2.35. The first-order valence-electron chi connectivity index (χ1n) is 11.1. The molecule has 1 atom stereocenters. The number of imidazole rings is 1. The first-order chi connectivity index (χ1) is 14.6. The van der Waals surface area contributed by atoms with Gasteiger partial charge in [0.2, 0.25) is 5.91 Å². The maximum atomic E-state index is 13.2. The van der Waals surface area contributed by atoms with Crippen molar-refractivity contribution in [3.8, 4) is 0 Å². The van der Waals surface area contributed by atoms with Gasteiger partial charge in [0, 0.05) is 25.6 Å². The molecule has 1 aliphatic rings. The molecule has 1 fully saturated rings. The molecule has 0 spiro atoms. The Kier molecular flexibility index (Phi) is 6.18. The van der Waals surface area contributed by atoms with Crippen LogP contribution in [0, 0.1) is 0 Å². The van der Waals surface area contributed by atoms with Crippen molar-refractivity contribution in [2.24, 2.45) is 0 Å². The summed E-state index contributed by atoms with van der Waals surface area (Å²) in [7, 11) is 0. The van der Waals surface area contributed by atoms with Crippen molar-refractivity contribution >= 4 is 22.8 Å². The highest BCUT2D eigenvalue weighted by atomic mass is 16.2. The summed E-state index contributed by atoms with van der Waals surface area (Å²) >= 11 is 0. The van der Waals surface area contributed by atoms with Crippen LogP contribution in [-0.4, -0.2) is 49.8 Å². The summed E-state index contributed by atoms with van der Waals surface area (Å²) in [6, 6.07) is 9.91. The number of hydrogen-bond acceptors (Lipinski definition) is 4. The molecule has 0 radical (unpaired) electrons. The van der Waals surface area contributed by atoms with Crippen molar-refractivity contribution in [3.63, 3.8) is 0 Å². The van der Waals surface area contributed by atoms with Gasteiger partial charge in [0.15, 0.2) is 0 Å². The van der Waals surface area contributed by atoms with E-state index in [1.54, 1.807) is 6.20 Å². The SMILES string of the molecule is CCCc1nc2ccccc2n1C(C)C(=O)Nc1ccnn1C1CCN(CC)CC1. The minimum Gasteiger partial charge on any atom is -0.316 e. The lowest BCUT2D eigenvalue weighted by Gasteiger charge is -2.32. The quantitative estimate of drug-likeness (QED) is 0.641. The number of rotatable bonds is 7. The molecule has 3 heterocycles. The Morgan fingerprint density at radius 1 is 1.20 bits per heavy atom. The number of aryl methyl sites for hydroxylation is 1. The molecule has 7 nitrogen and oxygen atoms in total. The molecule has 30 heavy (non-hydrogen) atoms. The molecule has 4 rings (SSSR count). The Balaban J connectivity index is 1.54. The molecule has 1 saturated heterocycles. The number of likely N-dealkylation sites (tertiary alicyclic amines) is 1. The molecular weight excluding hydrogens is 376 g/mol. The van der Waals surface area contributed by atoms with E-state index in [-0.39, 0.29) is 11.9 Å². The third-order valence-corrected chi connectivity index (χ3v) is 6.18. The second-order valence-corrected chi connectivity index (χ2v) is 8.13. The summed E-state index contributed by atoms with van der Waals surface area (Å²) in [5.74, 6) is 1.70. The Labute approximate surface area is 178 Å². The van der Waals surface area contributed by atoms with Gasteiger partial charge in [-0.3, -0.25) is 4.79 Å². The predicted molar refractivity (Wildman–Crippen MR) is 120 cm³/mol. The van der Waals surface area contributed by atoms with Crippen molar-refractivity contribution in [1.82, 2.24) is 24.2 Å². The van der Waals surface area contributed by atoms with Gasteiger partial charge in [0.05, 0.1) is 23.3 Å². The van der Waals surface area contributed by atoms with E-state index in [9.17, 15) is 4.79 Å². The highest BCUT2D eigenvalue weighted by Crippen LogP contribution is 2.27. The largest absolute Gasteiger partial charge is 0.316 e. The molecule has 0 saturated carbocycles. The molecule has 0 aliphatic carbocycles. The van der Waals surface area contributed by atoms with Gasteiger partial charge in [-0.15, -0.1) is 0 Å². The van der Waals surface area contributed by atoms with E-state index < -0.39 is 0 Å². The van der Waals surface area contributed by atoms with Gasteiger partial charge < -0.3 is 14.8 Å². The Morgan fingerprint density at radius 2 is 1.97 bits per heavy atom. The van der Waals surface area contributed by atoms with E-state index in [0.717, 1.165) is 68.0 Å².